The van der Waals surface area contributed by atoms with Gasteiger partial charge in [0.15, 0.2) is 0 Å². The standard InChI is InChI=1S/C12H15NO2/c1-13-6-2-3-9-8-15-12-5-4-10(14)7-11(9)12/h4-5,7-8,13-14H,2-3,6H2,1H3. The predicted octanol–water partition coefficient (Wildman–Crippen LogP) is 2.29. The molecule has 3 nitrogen and oxygen atoms in total. The highest BCUT2D eigenvalue weighted by molar-refractivity contribution is 5.82. The van der Waals surface area contributed by atoms with Crippen LogP contribution in [0.4, 0.5) is 0 Å². The van der Waals surface area contributed by atoms with Crippen LogP contribution in [0.15, 0.2) is 28.9 Å². The fourth-order valence-electron chi connectivity index (χ4n) is 1.72. The number of nitrogens with one attached hydrogen (secondary N) is 1. The van der Waals surface area contributed by atoms with E-state index in [0.717, 1.165) is 35.9 Å². The van der Waals surface area contributed by atoms with E-state index in [4.69, 9.17) is 4.42 Å². The van der Waals surface area contributed by atoms with Crippen molar-refractivity contribution >= 4 is 11.0 Å². The topological polar surface area (TPSA) is 45.4 Å². The number of aryl methyl sites for hydroxylation is 1. The molecule has 3 heteroatoms. The minimum Gasteiger partial charge on any atom is -0.508 e. The Balaban J connectivity index is 2.23. The van der Waals surface area contributed by atoms with Crippen molar-refractivity contribution in [3.63, 3.8) is 0 Å². The van der Waals surface area contributed by atoms with Crippen molar-refractivity contribution in [1.82, 2.24) is 5.32 Å². The van der Waals surface area contributed by atoms with E-state index in [9.17, 15) is 5.11 Å². The van der Waals surface area contributed by atoms with Crippen LogP contribution in [0.1, 0.15) is 12.0 Å². The molecule has 2 aromatic rings. The summed E-state index contributed by atoms with van der Waals surface area (Å²) in [4.78, 5) is 0. The van der Waals surface area contributed by atoms with Crippen molar-refractivity contribution < 1.29 is 9.52 Å². The summed E-state index contributed by atoms with van der Waals surface area (Å²) in [6.45, 7) is 0.992. The Kier molecular flexibility index (Phi) is 2.92. The summed E-state index contributed by atoms with van der Waals surface area (Å²) >= 11 is 0. The van der Waals surface area contributed by atoms with Crippen LogP contribution >= 0.6 is 0 Å². The molecular formula is C12H15NO2. The van der Waals surface area contributed by atoms with Crippen molar-refractivity contribution in [2.45, 2.75) is 12.8 Å². The summed E-state index contributed by atoms with van der Waals surface area (Å²) in [7, 11) is 1.94. The molecule has 0 radical (unpaired) electrons. The average molecular weight is 205 g/mol. The minimum absolute atomic E-state index is 0.291. The summed E-state index contributed by atoms with van der Waals surface area (Å²) in [6, 6.07) is 5.20. The highest BCUT2D eigenvalue weighted by Gasteiger charge is 2.05. The normalized spacial score (nSPS) is 11.0. The summed E-state index contributed by atoms with van der Waals surface area (Å²) in [5.74, 6) is 0.291. The van der Waals surface area contributed by atoms with Crippen LogP contribution in [-0.2, 0) is 6.42 Å². The van der Waals surface area contributed by atoms with Crippen LogP contribution in [0.3, 0.4) is 0 Å². The Bertz CT molecular complexity index is 448. The van der Waals surface area contributed by atoms with Crippen LogP contribution in [0.5, 0.6) is 5.75 Å². The van der Waals surface area contributed by atoms with Gasteiger partial charge >= 0.3 is 0 Å². The third-order valence-electron chi connectivity index (χ3n) is 2.51. The van der Waals surface area contributed by atoms with Crippen LogP contribution < -0.4 is 5.32 Å². The van der Waals surface area contributed by atoms with Crippen LogP contribution in [-0.4, -0.2) is 18.7 Å². The van der Waals surface area contributed by atoms with Crippen molar-refractivity contribution in [1.29, 1.82) is 0 Å². The number of furan rings is 1. The van der Waals surface area contributed by atoms with Gasteiger partial charge in [-0.15, -0.1) is 0 Å². The first kappa shape index (κ1) is 10.1. The van der Waals surface area contributed by atoms with Gasteiger partial charge in [-0.2, -0.15) is 0 Å². The molecule has 0 unspecified atom stereocenters. The lowest BCUT2D eigenvalue weighted by Gasteiger charge is -1.98. The maximum atomic E-state index is 9.39. The van der Waals surface area contributed by atoms with E-state index < -0.39 is 0 Å². The highest BCUT2D eigenvalue weighted by Crippen LogP contribution is 2.25. The molecule has 80 valence electrons. The molecule has 0 aliphatic rings. The monoisotopic (exact) mass is 205 g/mol. The molecule has 1 heterocycles. The van der Waals surface area contributed by atoms with Gasteiger partial charge in [0.25, 0.3) is 0 Å². The van der Waals surface area contributed by atoms with E-state index >= 15 is 0 Å². The largest absolute Gasteiger partial charge is 0.508 e. The molecule has 0 saturated heterocycles. The molecule has 0 spiro atoms. The van der Waals surface area contributed by atoms with E-state index in [0.29, 0.717) is 5.75 Å². The van der Waals surface area contributed by atoms with E-state index in [2.05, 4.69) is 5.32 Å². The second kappa shape index (κ2) is 4.36. The van der Waals surface area contributed by atoms with Crippen LogP contribution in [0, 0.1) is 0 Å². The highest BCUT2D eigenvalue weighted by atomic mass is 16.3. The Labute approximate surface area is 88.7 Å². The predicted molar refractivity (Wildman–Crippen MR) is 60.1 cm³/mol. The molecule has 2 rings (SSSR count). The Morgan fingerprint density at radius 3 is 3.07 bits per heavy atom. The third kappa shape index (κ3) is 2.13. The zero-order valence-corrected chi connectivity index (χ0v) is 8.79. The minimum atomic E-state index is 0.291. The van der Waals surface area contributed by atoms with Gasteiger partial charge in [0.2, 0.25) is 0 Å². The molecule has 0 saturated carbocycles. The second-order valence-electron chi connectivity index (χ2n) is 3.65. The van der Waals surface area contributed by atoms with Gasteiger partial charge in [-0.3, -0.25) is 0 Å². The van der Waals surface area contributed by atoms with Crippen LogP contribution in [0.25, 0.3) is 11.0 Å². The zero-order chi connectivity index (χ0) is 10.7. The molecule has 0 atom stereocenters. The summed E-state index contributed by atoms with van der Waals surface area (Å²) in [5.41, 5.74) is 2.00. The van der Waals surface area contributed by atoms with Gasteiger partial charge in [-0.05, 0) is 50.2 Å². The lowest BCUT2D eigenvalue weighted by Crippen LogP contribution is -2.08. The van der Waals surface area contributed by atoms with Crippen molar-refractivity contribution in [2.24, 2.45) is 0 Å². The van der Waals surface area contributed by atoms with Gasteiger partial charge in [0, 0.05) is 5.39 Å². The summed E-state index contributed by atoms with van der Waals surface area (Å²) in [6.07, 6.45) is 3.82. The first-order chi connectivity index (χ1) is 7.31. The third-order valence-corrected chi connectivity index (χ3v) is 2.51. The van der Waals surface area contributed by atoms with E-state index in [1.54, 1.807) is 24.5 Å². The smallest absolute Gasteiger partial charge is 0.134 e. The number of phenolic OH excluding ortho intramolecular Hbond substituents is 1. The van der Waals surface area contributed by atoms with Crippen molar-refractivity contribution in [3.8, 4) is 5.75 Å². The SMILES string of the molecule is CNCCCc1coc2ccc(O)cc12. The number of hydrogen-bond acceptors (Lipinski definition) is 3. The molecule has 1 aromatic heterocycles. The maximum Gasteiger partial charge on any atom is 0.134 e. The van der Waals surface area contributed by atoms with Gasteiger partial charge < -0.3 is 14.8 Å². The molecule has 0 bridgehead atoms. The Morgan fingerprint density at radius 2 is 2.27 bits per heavy atom. The van der Waals surface area contributed by atoms with E-state index in [1.807, 2.05) is 7.05 Å². The molecule has 15 heavy (non-hydrogen) atoms. The van der Waals surface area contributed by atoms with Gasteiger partial charge in [-0.1, -0.05) is 0 Å². The number of hydrogen-bond donors (Lipinski definition) is 2. The fourth-order valence-corrected chi connectivity index (χ4v) is 1.72. The number of rotatable bonds is 4. The molecular weight excluding hydrogens is 190 g/mol. The van der Waals surface area contributed by atoms with Crippen molar-refractivity contribution in [3.05, 3.63) is 30.0 Å². The first-order valence-electron chi connectivity index (χ1n) is 5.15. The first-order valence-corrected chi connectivity index (χ1v) is 5.15. The van der Waals surface area contributed by atoms with Gasteiger partial charge in [0.05, 0.1) is 6.26 Å². The van der Waals surface area contributed by atoms with Gasteiger partial charge in [-0.25, -0.2) is 0 Å². The van der Waals surface area contributed by atoms with E-state index in [1.165, 1.54) is 0 Å². The van der Waals surface area contributed by atoms with Crippen molar-refractivity contribution in [2.75, 3.05) is 13.6 Å². The summed E-state index contributed by atoms with van der Waals surface area (Å²) in [5, 5.41) is 13.5. The Morgan fingerprint density at radius 1 is 1.40 bits per heavy atom. The zero-order valence-electron chi connectivity index (χ0n) is 8.79. The Hall–Kier alpha value is -1.48. The number of benzene rings is 1. The average Bonchev–Trinajstić information content (AvgIpc) is 2.62. The molecule has 0 amide bonds. The number of fused-ring (bicyclic) bond motifs is 1. The van der Waals surface area contributed by atoms with Crippen LogP contribution in [0.2, 0.25) is 0 Å². The molecule has 0 aliphatic heterocycles. The second-order valence-corrected chi connectivity index (χ2v) is 3.65. The number of phenols is 1. The molecule has 2 N–H and O–H groups in total. The fraction of sp³-hybridized carbons (Fsp3) is 0.333. The maximum absolute atomic E-state index is 9.39. The quantitative estimate of drug-likeness (QED) is 0.753. The summed E-state index contributed by atoms with van der Waals surface area (Å²) < 4.78 is 5.40. The molecule has 1 aromatic carbocycles. The lowest BCUT2D eigenvalue weighted by atomic mass is 10.1. The molecule has 0 aliphatic carbocycles. The number of aromatic hydroxyl groups is 1. The van der Waals surface area contributed by atoms with Gasteiger partial charge in [0.1, 0.15) is 11.3 Å². The van der Waals surface area contributed by atoms with E-state index in [-0.39, 0.29) is 0 Å². The molecule has 0 fully saturated rings. The lowest BCUT2D eigenvalue weighted by molar-refractivity contribution is 0.476.